The third-order valence-electron chi connectivity index (χ3n) is 12.2. The zero-order chi connectivity index (χ0) is 33.5. The summed E-state index contributed by atoms with van der Waals surface area (Å²) in [5.74, 6) is -1.71. The standard InChI is InChI=1S/C38H60O7/c1-11-12-13-14-15-16-17-18-19-27(7)44-45-37-22-26(6)36-21-25(5)33(43-34(41)28(8)23(2)3)38(36,42)31(39)24(4)20-29(32(36)40)30(37)35(37,9)10/h20-21,23,26,28-31,33,39,42H,7,11-19,22H2,1-6,8-10H3/t26-,28?,29+,30-,31-,33+,36+,37+,38+/m1/s1. The van der Waals surface area contributed by atoms with Gasteiger partial charge in [-0.15, -0.1) is 0 Å². The Kier molecular flexibility index (Phi) is 10.6. The number of unbranched alkanes of at least 4 members (excludes halogenated alkanes) is 7. The number of carbonyl (C=O) groups is 2. The van der Waals surface area contributed by atoms with Crippen LogP contribution in [0.2, 0.25) is 0 Å². The maximum Gasteiger partial charge on any atom is 0.309 e. The van der Waals surface area contributed by atoms with Gasteiger partial charge in [0.25, 0.3) is 0 Å². The number of esters is 1. The Morgan fingerprint density at radius 1 is 1.04 bits per heavy atom. The summed E-state index contributed by atoms with van der Waals surface area (Å²) in [7, 11) is 0. The predicted molar refractivity (Wildman–Crippen MR) is 176 cm³/mol. The largest absolute Gasteiger partial charge is 0.454 e. The minimum Gasteiger partial charge on any atom is -0.454 e. The lowest BCUT2D eigenvalue weighted by Crippen LogP contribution is -2.65. The summed E-state index contributed by atoms with van der Waals surface area (Å²) in [6.45, 7) is 21.7. The molecule has 45 heavy (non-hydrogen) atoms. The van der Waals surface area contributed by atoms with E-state index >= 15 is 0 Å². The van der Waals surface area contributed by atoms with Gasteiger partial charge in [0.05, 0.1) is 11.3 Å². The minimum atomic E-state index is -2.06. The highest BCUT2D eigenvalue weighted by molar-refractivity contribution is 5.95. The average Bonchev–Trinajstić information content (AvgIpc) is 3.40. The van der Waals surface area contributed by atoms with Crippen molar-refractivity contribution in [3.63, 3.8) is 0 Å². The first kappa shape index (κ1) is 35.9. The van der Waals surface area contributed by atoms with Gasteiger partial charge in [0, 0.05) is 23.7 Å². The van der Waals surface area contributed by atoms with E-state index in [2.05, 4.69) is 27.4 Å². The van der Waals surface area contributed by atoms with Gasteiger partial charge < -0.3 is 19.8 Å². The van der Waals surface area contributed by atoms with Crippen LogP contribution in [0, 0.1) is 40.4 Å². The Morgan fingerprint density at radius 3 is 2.24 bits per heavy atom. The summed E-state index contributed by atoms with van der Waals surface area (Å²) < 4.78 is 6.02. The molecule has 0 amide bonds. The van der Waals surface area contributed by atoms with Crippen molar-refractivity contribution < 1.29 is 34.3 Å². The van der Waals surface area contributed by atoms with Crippen LogP contribution in [0.1, 0.15) is 127 Å². The molecule has 1 spiro atoms. The second-order valence-corrected chi connectivity index (χ2v) is 15.8. The first-order valence-electron chi connectivity index (χ1n) is 17.6. The van der Waals surface area contributed by atoms with Gasteiger partial charge in [-0.2, -0.15) is 4.89 Å². The summed E-state index contributed by atoms with van der Waals surface area (Å²) in [6, 6.07) is 0. The molecule has 0 heterocycles. The smallest absolute Gasteiger partial charge is 0.309 e. The quantitative estimate of drug-likeness (QED) is 0.0476. The van der Waals surface area contributed by atoms with Crippen LogP contribution in [-0.2, 0) is 24.1 Å². The molecule has 7 nitrogen and oxygen atoms in total. The van der Waals surface area contributed by atoms with E-state index in [9.17, 15) is 19.8 Å². The van der Waals surface area contributed by atoms with E-state index in [0.717, 1.165) is 12.8 Å². The van der Waals surface area contributed by atoms with Crippen molar-refractivity contribution in [1.29, 1.82) is 0 Å². The van der Waals surface area contributed by atoms with Crippen LogP contribution >= 0.6 is 0 Å². The summed E-state index contributed by atoms with van der Waals surface area (Å²) in [4.78, 5) is 40.4. The molecule has 1 unspecified atom stereocenters. The van der Waals surface area contributed by atoms with Gasteiger partial charge in [0.2, 0.25) is 0 Å². The van der Waals surface area contributed by atoms with E-state index in [4.69, 9.17) is 14.5 Å². The Morgan fingerprint density at radius 2 is 1.64 bits per heavy atom. The molecule has 7 heteroatoms. The molecule has 0 aromatic carbocycles. The van der Waals surface area contributed by atoms with E-state index in [1.165, 1.54) is 38.5 Å². The van der Waals surface area contributed by atoms with Crippen LogP contribution in [-0.4, -0.2) is 45.4 Å². The molecule has 4 aliphatic carbocycles. The Balaban J connectivity index is 1.56. The van der Waals surface area contributed by atoms with Crippen LogP contribution in [0.15, 0.2) is 35.6 Å². The average molecular weight is 629 g/mol. The van der Waals surface area contributed by atoms with Crippen molar-refractivity contribution in [2.45, 2.75) is 150 Å². The van der Waals surface area contributed by atoms with Gasteiger partial charge in [-0.1, -0.05) is 112 Å². The van der Waals surface area contributed by atoms with Crippen molar-refractivity contribution in [2.24, 2.45) is 40.4 Å². The first-order valence-corrected chi connectivity index (χ1v) is 17.6. The molecular weight excluding hydrogens is 568 g/mol. The highest BCUT2D eigenvalue weighted by atomic mass is 17.2. The molecule has 2 saturated carbocycles. The molecule has 0 radical (unpaired) electrons. The van der Waals surface area contributed by atoms with E-state index in [1.54, 1.807) is 26.8 Å². The Labute approximate surface area is 271 Å². The van der Waals surface area contributed by atoms with Gasteiger partial charge >= 0.3 is 5.97 Å². The predicted octanol–water partition coefficient (Wildman–Crippen LogP) is 7.80. The van der Waals surface area contributed by atoms with Crippen LogP contribution in [0.4, 0.5) is 0 Å². The van der Waals surface area contributed by atoms with Crippen molar-refractivity contribution >= 4 is 11.8 Å². The van der Waals surface area contributed by atoms with Crippen molar-refractivity contribution in [3.05, 3.63) is 35.6 Å². The molecule has 2 N–H and O–H groups in total. The minimum absolute atomic E-state index is 0.0342. The molecule has 2 bridgehead atoms. The first-order chi connectivity index (χ1) is 21.0. The molecule has 0 aromatic rings. The lowest BCUT2D eigenvalue weighted by molar-refractivity contribution is -0.323. The molecule has 4 rings (SSSR count). The lowest BCUT2D eigenvalue weighted by Gasteiger charge is -2.49. The topological polar surface area (TPSA) is 102 Å². The number of rotatable bonds is 15. The van der Waals surface area contributed by atoms with Crippen LogP contribution in [0.5, 0.6) is 0 Å². The van der Waals surface area contributed by atoms with Crippen LogP contribution < -0.4 is 0 Å². The molecule has 9 atom stereocenters. The van der Waals surface area contributed by atoms with Gasteiger partial charge in [0.15, 0.2) is 17.5 Å². The molecule has 4 aliphatic rings. The van der Waals surface area contributed by atoms with Crippen molar-refractivity contribution in [1.82, 2.24) is 0 Å². The number of ketones is 1. The number of hydrogen-bond acceptors (Lipinski definition) is 7. The van der Waals surface area contributed by atoms with E-state index < -0.39 is 58.0 Å². The number of aliphatic hydroxyl groups is 2. The monoisotopic (exact) mass is 628 g/mol. The number of ether oxygens (including phenoxy) is 1. The number of allylic oxidation sites excluding steroid dienone is 2. The fraction of sp³-hybridized carbons (Fsp3) is 0.789. The molecule has 2 fully saturated rings. The second kappa shape index (κ2) is 13.3. The summed E-state index contributed by atoms with van der Waals surface area (Å²) >= 11 is 0. The van der Waals surface area contributed by atoms with E-state index in [1.807, 2.05) is 26.8 Å². The maximum atomic E-state index is 14.9. The summed E-state index contributed by atoms with van der Waals surface area (Å²) in [5, 5.41) is 24.5. The molecule has 0 aliphatic heterocycles. The van der Waals surface area contributed by atoms with Gasteiger partial charge in [-0.3, -0.25) is 9.59 Å². The third kappa shape index (κ3) is 5.77. The third-order valence-corrected chi connectivity index (χ3v) is 12.2. The SMILES string of the molecule is C=C(CCCCCCCCCC)OO[C@@]12C[C@@H](C)[C@]34C=C(C)[C@H](OC(=O)C(C)C(C)C)[C@@]3(O)[C@H](O)C(C)=C[C@H](C4=O)[C@@H]1C2(C)C. The van der Waals surface area contributed by atoms with Crippen molar-refractivity contribution in [3.8, 4) is 0 Å². The second-order valence-electron chi connectivity index (χ2n) is 15.8. The fourth-order valence-corrected chi connectivity index (χ4v) is 8.95. The molecule has 0 saturated heterocycles. The number of carbonyl (C=O) groups excluding carboxylic acids is 2. The van der Waals surface area contributed by atoms with Gasteiger partial charge in [-0.25, -0.2) is 0 Å². The number of aliphatic hydroxyl groups excluding tert-OH is 1. The number of fused-ring (bicyclic) bond motifs is 3. The van der Waals surface area contributed by atoms with E-state index in [0.29, 0.717) is 29.7 Å². The van der Waals surface area contributed by atoms with Crippen molar-refractivity contribution in [2.75, 3.05) is 0 Å². The lowest BCUT2D eigenvalue weighted by atomic mass is 9.59. The zero-order valence-corrected chi connectivity index (χ0v) is 29.4. The molecule has 254 valence electrons. The normalized spacial score (nSPS) is 37.1. The number of Topliss-reactive ketones (excluding diaryl/α,β-unsaturated/α-hetero) is 1. The summed E-state index contributed by atoms with van der Waals surface area (Å²) in [6.07, 6.45) is 11.9. The zero-order valence-electron chi connectivity index (χ0n) is 29.4. The highest BCUT2D eigenvalue weighted by Gasteiger charge is 2.83. The van der Waals surface area contributed by atoms with Crippen LogP contribution in [0.3, 0.4) is 0 Å². The molecular formula is C38H60O7. The number of hydrogen-bond donors (Lipinski definition) is 2. The van der Waals surface area contributed by atoms with E-state index in [-0.39, 0.29) is 17.6 Å². The Bertz CT molecular complexity index is 1200. The van der Waals surface area contributed by atoms with Gasteiger partial charge in [-0.05, 0) is 49.7 Å². The summed E-state index contributed by atoms with van der Waals surface area (Å²) in [5.41, 5.74) is -3.66. The van der Waals surface area contributed by atoms with Gasteiger partial charge in [0.1, 0.15) is 17.5 Å². The molecule has 0 aromatic heterocycles. The maximum absolute atomic E-state index is 14.9. The fourth-order valence-electron chi connectivity index (χ4n) is 8.95. The van der Waals surface area contributed by atoms with Crippen LogP contribution in [0.25, 0.3) is 0 Å². The highest BCUT2D eigenvalue weighted by Crippen LogP contribution is 2.75. The Hall–Kier alpha value is -1.96.